The van der Waals surface area contributed by atoms with Crippen molar-refractivity contribution in [3.8, 4) is 0 Å². The maximum atomic E-state index is 12.0. The van der Waals surface area contributed by atoms with E-state index in [4.69, 9.17) is 4.52 Å². The second-order valence-corrected chi connectivity index (χ2v) is 5.93. The van der Waals surface area contributed by atoms with Crippen molar-refractivity contribution in [2.75, 3.05) is 12.3 Å². The van der Waals surface area contributed by atoms with Crippen molar-refractivity contribution in [3.63, 3.8) is 0 Å². The predicted molar refractivity (Wildman–Crippen MR) is 80.1 cm³/mol. The molecule has 0 saturated heterocycles. The number of amidine groups is 1. The highest BCUT2D eigenvalue weighted by Crippen LogP contribution is 2.24. The first-order valence-electron chi connectivity index (χ1n) is 6.46. The Bertz CT molecular complexity index is 706. The molecule has 0 spiro atoms. The van der Waals surface area contributed by atoms with Crippen LogP contribution in [0.4, 0.5) is 0 Å². The highest BCUT2D eigenvalue weighted by molar-refractivity contribution is 8.14. The Morgan fingerprint density at radius 3 is 3.05 bits per heavy atom. The molecule has 0 saturated carbocycles. The summed E-state index contributed by atoms with van der Waals surface area (Å²) in [4.78, 5) is 16.2. The molecule has 1 aromatic carbocycles. The van der Waals surface area contributed by atoms with Crippen molar-refractivity contribution < 1.29 is 9.32 Å². The van der Waals surface area contributed by atoms with E-state index in [0.29, 0.717) is 10.9 Å². The van der Waals surface area contributed by atoms with Crippen molar-refractivity contribution in [1.82, 2.24) is 10.5 Å². The van der Waals surface area contributed by atoms with Gasteiger partial charge < -0.3 is 9.84 Å². The number of hydrogen-bond acceptors (Lipinski definition) is 5. The summed E-state index contributed by atoms with van der Waals surface area (Å²) in [5, 5.41) is 8.48. The molecule has 1 aliphatic heterocycles. The minimum absolute atomic E-state index is 0.103. The predicted octanol–water partition coefficient (Wildman–Crippen LogP) is 2.21. The fraction of sp³-hybridized carbons (Fsp3) is 0.357. The smallest absolute Gasteiger partial charge is 0.232 e. The number of thioether (sulfide) groups is 1. The van der Waals surface area contributed by atoms with Crippen LogP contribution in [0.1, 0.15) is 16.8 Å². The van der Waals surface area contributed by atoms with Crippen LogP contribution < -0.4 is 5.32 Å². The molecule has 1 N–H and O–H groups in total. The minimum atomic E-state index is -0.103. The molecule has 6 heteroatoms. The SMILES string of the molecule is Cc1cc(C)c2c(CC(=O)NC3=NCCS3)noc2c1. The summed E-state index contributed by atoms with van der Waals surface area (Å²) in [6.07, 6.45) is 0.205. The number of aliphatic imine (C=N–C) groups is 1. The second-order valence-electron chi connectivity index (χ2n) is 4.84. The normalized spacial score (nSPS) is 14.6. The molecule has 1 amide bonds. The summed E-state index contributed by atoms with van der Waals surface area (Å²) in [7, 11) is 0. The van der Waals surface area contributed by atoms with Gasteiger partial charge >= 0.3 is 0 Å². The van der Waals surface area contributed by atoms with Gasteiger partial charge in [-0.1, -0.05) is 23.0 Å². The van der Waals surface area contributed by atoms with Gasteiger partial charge in [-0.2, -0.15) is 0 Å². The zero-order chi connectivity index (χ0) is 14.1. The molecule has 0 bridgehead atoms. The molecular formula is C14H15N3O2S. The summed E-state index contributed by atoms with van der Waals surface area (Å²) in [6.45, 7) is 4.78. The van der Waals surface area contributed by atoms with E-state index >= 15 is 0 Å². The van der Waals surface area contributed by atoms with E-state index in [1.54, 1.807) is 11.8 Å². The van der Waals surface area contributed by atoms with Crippen molar-refractivity contribution in [2.24, 2.45) is 4.99 Å². The number of amides is 1. The second kappa shape index (κ2) is 5.28. The fourth-order valence-corrected chi connectivity index (χ4v) is 3.11. The number of carbonyl (C=O) groups is 1. The molecule has 3 rings (SSSR count). The van der Waals surface area contributed by atoms with E-state index in [2.05, 4.69) is 21.5 Å². The molecule has 0 atom stereocenters. The van der Waals surface area contributed by atoms with Crippen molar-refractivity contribution in [3.05, 3.63) is 29.0 Å². The molecule has 104 valence electrons. The number of aryl methyl sites for hydroxylation is 2. The van der Waals surface area contributed by atoms with Crippen LogP contribution in [0.15, 0.2) is 21.6 Å². The maximum absolute atomic E-state index is 12.0. The highest BCUT2D eigenvalue weighted by Gasteiger charge is 2.17. The van der Waals surface area contributed by atoms with Gasteiger partial charge in [-0.15, -0.1) is 0 Å². The van der Waals surface area contributed by atoms with E-state index in [1.807, 2.05) is 19.9 Å². The zero-order valence-electron chi connectivity index (χ0n) is 11.4. The molecule has 5 nitrogen and oxygen atoms in total. The first-order valence-corrected chi connectivity index (χ1v) is 7.44. The summed E-state index contributed by atoms with van der Waals surface area (Å²) in [5.74, 6) is 0.828. The topological polar surface area (TPSA) is 67.5 Å². The van der Waals surface area contributed by atoms with Gasteiger partial charge in [0.25, 0.3) is 0 Å². The summed E-state index contributed by atoms with van der Waals surface area (Å²) >= 11 is 1.57. The summed E-state index contributed by atoms with van der Waals surface area (Å²) < 4.78 is 5.32. The quantitative estimate of drug-likeness (QED) is 0.920. The summed E-state index contributed by atoms with van der Waals surface area (Å²) in [6, 6.07) is 4.01. The van der Waals surface area contributed by atoms with Crippen molar-refractivity contribution in [2.45, 2.75) is 20.3 Å². The molecule has 2 aromatic rings. The molecule has 0 aliphatic carbocycles. The lowest BCUT2D eigenvalue weighted by molar-refractivity contribution is -0.119. The average molecular weight is 289 g/mol. The fourth-order valence-electron chi connectivity index (χ4n) is 2.37. The van der Waals surface area contributed by atoms with E-state index in [-0.39, 0.29) is 12.3 Å². The largest absolute Gasteiger partial charge is 0.356 e. The number of aromatic nitrogens is 1. The Kier molecular flexibility index (Phi) is 3.48. The number of benzene rings is 1. The van der Waals surface area contributed by atoms with Crippen LogP contribution in [0.3, 0.4) is 0 Å². The maximum Gasteiger partial charge on any atom is 0.232 e. The van der Waals surface area contributed by atoms with Gasteiger partial charge in [0.1, 0.15) is 5.69 Å². The Hall–Kier alpha value is -1.82. The molecule has 0 fully saturated rings. The van der Waals surface area contributed by atoms with Gasteiger partial charge in [0, 0.05) is 11.1 Å². The third-order valence-corrected chi connectivity index (χ3v) is 4.04. The third kappa shape index (κ3) is 2.56. The first kappa shape index (κ1) is 13.2. The molecular weight excluding hydrogens is 274 g/mol. The zero-order valence-corrected chi connectivity index (χ0v) is 12.2. The third-order valence-electron chi connectivity index (χ3n) is 3.15. The minimum Gasteiger partial charge on any atom is -0.356 e. The van der Waals surface area contributed by atoms with Gasteiger partial charge in [0.2, 0.25) is 5.91 Å². The van der Waals surface area contributed by atoms with Crippen LogP contribution in [0.2, 0.25) is 0 Å². The van der Waals surface area contributed by atoms with Crippen LogP contribution >= 0.6 is 11.8 Å². The van der Waals surface area contributed by atoms with Gasteiger partial charge in [0.15, 0.2) is 10.8 Å². The average Bonchev–Trinajstić information content (AvgIpc) is 2.99. The van der Waals surface area contributed by atoms with E-state index < -0.39 is 0 Å². The molecule has 0 unspecified atom stereocenters. The Morgan fingerprint density at radius 2 is 2.30 bits per heavy atom. The first-order chi connectivity index (χ1) is 9.63. The standard InChI is InChI=1S/C14H15N3O2S/c1-8-5-9(2)13-10(17-19-11(13)6-8)7-12(18)16-14-15-3-4-20-14/h5-6H,3-4,7H2,1-2H3,(H,15,16,18). The van der Waals surface area contributed by atoms with E-state index in [1.165, 1.54) is 0 Å². The number of hydrogen-bond donors (Lipinski definition) is 1. The van der Waals surface area contributed by atoms with E-state index in [0.717, 1.165) is 34.4 Å². The van der Waals surface area contributed by atoms with Crippen LogP contribution in [0.25, 0.3) is 11.0 Å². The summed E-state index contributed by atoms with van der Waals surface area (Å²) in [5.41, 5.74) is 3.62. The highest BCUT2D eigenvalue weighted by atomic mass is 32.2. The van der Waals surface area contributed by atoms with Gasteiger partial charge in [-0.25, -0.2) is 0 Å². The van der Waals surface area contributed by atoms with Crippen LogP contribution in [-0.4, -0.2) is 28.5 Å². The Labute approximate surface area is 120 Å². The van der Waals surface area contributed by atoms with Gasteiger partial charge in [0.05, 0.1) is 13.0 Å². The van der Waals surface area contributed by atoms with Crippen LogP contribution in [0.5, 0.6) is 0 Å². The van der Waals surface area contributed by atoms with Crippen LogP contribution in [0, 0.1) is 13.8 Å². The van der Waals surface area contributed by atoms with E-state index in [9.17, 15) is 4.79 Å². The van der Waals surface area contributed by atoms with Crippen LogP contribution in [-0.2, 0) is 11.2 Å². The number of rotatable bonds is 2. The molecule has 0 radical (unpaired) electrons. The van der Waals surface area contributed by atoms with Crippen molar-refractivity contribution in [1.29, 1.82) is 0 Å². The number of nitrogens with zero attached hydrogens (tertiary/aromatic N) is 2. The Balaban J connectivity index is 1.82. The van der Waals surface area contributed by atoms with Crippen molar-refractivity contribution >= 4 is 33.8 Å². The Morgan fingerprint density at radius 1 is 1.45 bits per heavy atom. The lowest BCUT2D eigenvalue weighted by atomic mass is 10.0. The number of carbonyl (C=O) groups excluding carboxylic acids is 1. The number of nitrogens with one attached hydrogen (secondary N) is 1. The molecule has 1 aliphatic rings. The number of fused-ring (bicyclic) bond motifs is 1. The molecule has 1 aromatic heterocycles. The van der Waals surface area contributed by atoms with Gasteiger partial charge in [-0.05, 0) is 31.0 Å². The lowest BCUT2D eigenvalue weighted by Gasteiger charge is -2.03. The monoisotopic (exact) mass is 289 g/mol. The molecule has 2 heterocycles. The molecule has 20 heavy (non-hydrogen) atoms. The van der Waals surface area contributed by atoms with Gasteiger partial charge in [-0.3, -0.25) is 9.79 Å². The lowest BCUT2D eigenvalue weighted by Crippen LogP contribution is -2.29.